The van der Waals surface area contributed by atoms with Crippen LogP contribution in [0.15, 0.2) is 25.3 Å². The van der Waals surface area contributed by atoms with Crippen molar-refractivity contribution in [3.8, 4) is 0 Å². The van der Waals surface area contributed by atoms with Gasteiger partial charge in [0.2, 0.25) is 11.8 Å². The maximum Gasteiger partial charge on any atom is 0.311 e. The van der Waals surface area contributed by atoms with E-state index < -0.39 is 28.2 Å². The molecule has 0 aliphatic carbocycles. The van der Waals surface area contributed by atoms with Gasteiger partial charge in [0.05, 0.1) is 16.6 Å². The van der Waals surface area contributed by atoms with Crippen molar-refractivity contribution < 1.29 is 24.2 Å². The number of esters is 1. The lowest BCUT2D eigenvalue weighted by Crippen LogP contribution is -2.58. The molecule has 3 saturated heterocycles. The molecule has 3 aliphatic heterocycles. The molecule has 0 aromatic rings. The normalized spacial score (nSPS) is 31.5. The minimum atomic E-state index is -0.664. The third-order valence-corrected chi connectivity index (χ3v) is 8.55. The van der Waals surface area contributed by atoms with E-state index in [0.29, 0.717) is 19.4 Å². The fourth-order valence-electron chi connectivity index (χ4n) is 5.39. The molecule has 172 valence electrons. The van der Waals surface area contributed by atoms with Crippen molar-refractivity contribution in [2.45, 2.75) is 61.6 Å². The lowest BCUT2D eigenvalue weighted by molar-refractivity contribution is -0.153. The summed E-state index contributed by atoms with van der Waals surface area (Å²) in [5, 5.41) is 9.37. The summed E-state index contributed by atoms with van der Waals surface area (Å²) in [7, 11) is 0. The molecular weight excluding hydrogens is 416 g/mol. The SMILES string of the molecule is C=CCOC(=O)[C@@H]1[C@@H]2CCC3(S2)C(C(=O)N(CC=C)C(C)(C)C)N(CCCO)C(=O)[C@H]13. The zero-order chi connectivity index (χ0) is 23.0. The Hall–Kier alpha value is -1.80. The number of rotatable bonds is 9. The molecule has 0 saturated carbocycles. The van der Waals surface area contributed by atoms with Crippen LogP contribution in [0.4, 0.5) is 0 Å². The number of amides is 2. The van der Waals surface area contributed by atoms with Crippen LogP contribution in [-0.2, 0) is 19.1 Å². The van der Waals surface area contributed by atoms with Crippen LogP contribution in [0.3, 0.4) is 0 Å². The van der Waals surface area contributed by atoms with Crippen molar-refractivity contribution in [3.63, 3.8) is 0 Å². The van der Waals surface area contributed by atoms with Gasteiger partial charge >= 0.3 is 5.97 Å². The number of aliphatic hydroxyl groups is 1. The summed E-state index contributed by atoms with van der Waals surface area (Å²) < 4.78 is 4.70. The van der Waals surface area contributed by atoms with E-state index in [1.807, 2.05) is 20.8 Å². The summed E-state index contributed by atoms with van der Waals surface area (Å²) >= 11 is 1.62. The third-order valence-electron chi connectivity index (χ3n) is 6.59. The van der Waals surface area contributed by atoms with Crippen LogP contribution >= 0.6 is 11.8 Å². The van der Waals surface area contributed by atoms with Crippen molar-refractivity contribution in [2.24, 2.45) is 11.8 Å². The molecule has 3 heterocycles. The molecule has 3 aliphatic rings. The molecular formula is C23H34N2O5S. The van der Waals surface area contributed by atoms with Crippen molar-refractivity contribution in [3.05, 3.63) is 25.3 Å². The molecule has 3 fully saturated rings. The Labute approximate surface area is 188 Å². The first kappa shape index (κ1) is 23.9. The lowest BCUT2D eigenvalue weighted by atomic mass is 9.71. The number of thioether (sulfide) groups is 1. The van der Waals surface area contributed by atoms with Crippen LogP contribution in [-0.4, -0.2) is 80.6 Å². The molecule has 31 heavy (non-hydrogen) atoms. The quantitative estimate of drug-likeness (QED) is 0.427. The molecule has 3 rings (SSSR count). The fourth-order valence-corrected chi connectivity index (χ4v) is 7.59. The fraction of sp³-hybridized carbons (Fsp3) is 0.696. The standard InChI is InChI=1S/C23H34N2O5S/c1-6-11-25(22(3,4)5)20(28)18-23-10-9-15(31-23)16(21(29)30-14-7-2)17(23)19(27)24(18)12-8-13-26/h6-7,15-18,26H,1-2,8-14H2,3-5H3/t15-,16+,17-,18?,23?/m0/s1. The number of nitrogens with zero attached hydrogens (tertiary/aromatic N) is 2. The topological polar surface area (TPSA) is 87.2 Å². The Morgan fingerprint density at radius 2 is 2.06 bits per heavy atom. The number of hydrogen-bond acceptors (Lipinski definition) is 6. The maximum atomic E-state index is 14.0. The molecule has 5 atom stereocenters. The van der Waals surface area contributed by atoms with Crippen molar-refractivity contribution in [2.75, 3.05) is 26.3 Å². The molecule has 7 nitrogen and oxygen atoms in total. The van der Waals surface area contributed by atoms with Gasteiger partial charge in [-0.1, -0.05) is 18.7 Å². The second-order valence-corrected chi connectivity index (χ2v) is 11.1. The van der Waals surface area contributed by atoms with Gasteiger partial charge in [-0.2, -0.15) is 0 Å². The number of carbonyl (C=O) groups excluding carboxylic acids is 3. The number of aliphatic hydroxyl groups excluding tert-OH is 1. The van der Waals surface area contributed by atoms with Gasteiger partial charge in [-0.3, -0.25) is 14.4 Å². The largest absolute Gasteiger partial charge is 0.461 e. The predicted molar refractivity (Wildman–Crippen MR) is 120 cm³/mol. The van der Waals surface area contributed by atoms with E-state index in [2.05, 4.69) is 13.2 Å². The van der Waals surface area contributed by atoms with E-state index in [1.54, 1.807) is 27.6 Å². The highest BCUT2D eigenvalue weighted by Crippen LogP contribution is 2.66. The number of ether oxygens (including phenoxy) is 1. The van der Waals surface area contributed by atoms with Crippen LogP contribution in [0.5, 0.6) is 0 Å². The number of fused-ring (bicyclic) bond motifs is 1. The van der Waals surface area contributed by atoms with Crippen molar-refractivity contribution in [1.82, 2.24) is 9.80 Å². The van der Waals surface area contributed by atoms with Gasteiger partial charge < -0.3 is 19.6 Å². The Balaban J connectivity index is 2.02. The highest BCUT2D eigenvalue weighted by Gasteiger charge is 2.74. The Kier molecular flexibility index (Phi) is 6.91. The smallest absolute Gasteiger partial charge is 0.311 e. The van der Waals surface area contributed by atoms with Crippen LogP contribution < -0.4 is 0 Å². The Bertz CT molecular complexity index is 764. The second-order valence-electron chi connectivity index (χ2n) is 9.49. The van der Waals surface area contributed by atoms with E-state index in [-0.39, 0.29) is 42.8 Å². The average molecular weight is 451 g/mol. The van der Waals surface area contributed by atoms with E-state index in [4.69, 9.17) is 4.74 Å². The van der Waals surface area contributed by atoms with E-state index >= 15 is 0 Å². The molecule has 8 heteroatoms. The number of hydrogen-bond donors (Lipinski definition) is 1. The summed E-state index contributed by atoms with van der Waals surface area (Å²) in [6.07, 6.45) is 5.08. The van der Waals surface area contributed by atoms with Gasteiger partial charge in [-0.15, -0.1) is 18.3 Å². The van der Waals surface area contributed by atoms with Crippen molar-refractivity contribution in [1.29, 1.82) is 0 Å². The third kappa shape index (κ3) is 3.93. The highest BCUT2D eigenvalue weighted by atomic mass is 32.2. The summed E-state index contributed by atoms with van der Waals surface area (Å²) in [5.74, 6) is -1.80. The summed E-state index contributed by atoms with van der Waals surface area (Å²) in [6, 6.07) is -0.664. The molecule has 1 spiro atoms. The highest BCUT2D eigenvalue weighted by molar-refractivity contribution is 8.02. The summed E-state index contributed by atoms with van der Waals surface area (Å²) in [6.45, 7) is 14.0. The number of carbonyl (C=O) groups is 3. The first-order valence-electron chi connectivity index (χ1n) is 10.9. The molecule has 2 unspecified atom stereocenters. The van der Waals surface area contributed by atoms with Gasteiger partial charge in [0, 0.05) is 30.5 Å². The average Bonchev–Trinajstić information content (AvgIpc) is 3.34. The zero-order valence-corrected chi connectivity index (χ0v) is 19.5. The number of likely N-dealkylation sites (tertiary alicyclic amines) is 1. The molecule has 2 bridgehead atoms. The molecule has 2 amide bonds. The van der Waals surface area contributed by atoms with Gasteiger partial charge in [-0.05, 0) is 40.0 Å². The van der Waals surface area contributed by atoms with Gasteiger partial charge in [-0.25, -0.2) is 0 Å². The van der Waals surface area contributed by atoms with Gasteiger partial charge in [0.25, 0.3) is 0 Å². The molecule has 0 aromatic carbocycles. The predicted octanol–water partition coefficient (Wildman–Crippen LogP) is 2.00. The van der Waals surface area contributed by atoms with E-state index in [0.717, 1.165) is 6.42 Å². The van der Waals surface area contributed by atoms with Crippen LogP contribution in [0.25, 0.3) is 0 Å². The Morgan fingerprint density at radius 1 is 1.35 bits per heavy atom. The van der Waals surface area contributed by atoms with Crippen molar-refractivity contribution >= 4 is 29.5 Å². The van der Waals surface area contributed by atoms with Gasteiger partial charge in [0.1, 0.15) is 12.6 Å². The van der Waals surface area contributed by atoms with Crippen LogP contribution in [0, 0.1) is 11.8 Å². The van der Waals surface area contributed by atoms with E-state index in [1.165, 1.54) is 6.08 Å². The maximum absolute atomic E-state index is 14.0. The van der Waals surface area contributed by atoms with Crippen LogP contribution in [0.2, 0.25) is 0 Å². The monoisotopic (exact) mass is 450 g/mol. The lowest BCUT2D eigenvalue weighted by Gasteiger charge is -2.42. The molecule has 0 aromatic heterocycles. The molecule has 1 N–H and O–H groups in total. The minimum Gasteiger partial charge on any atom is -0.461 e. The molecule has 0 radical (unpaired) electrons. The first-order chi connectivity index (χ1) is 14.6. The summed E-state index contributed by atoms with van der Waals surface area (Å²) in [4.78, 5) is 43.8. The Morgan fingerprint density at radius 3 is 2.65 bits per heavy atom. The minimum absolute atomic E-state index is 0.0240. The van der Waals surface area contributed by atoms with Gasteiger partial charge in [0.15, 0.2) is 0 Å². The summed E-state index contributed by atoms with van der Waals surface area (Å²) in [5.41, 5.74) is -0.449. The second kappa shape index (κ2) is 8.98. The first-order valence-corrected chi connectivity index (χ1v) is 11.8. The zero-order valence-electron chi connectivity index (χ0n) is 18.7. The van der Waals surface area contributed by atoms with E-state index in [9.17, 15) is 19.5 Å². The van der Waals surface area contributed by atoms with Crippen LogP contribution in [0.1, 0.15) is 40.0 Å².